The number of amides is 1. The van der Waals surface area contributed by atoms with E-state index in [0.717, 1.165) is 54.2 Å². The molecule has 8 heteroatoms. The van der Waals surface area contributed by atoms with Gasteiger partial charge in [-0.25, -0.2) is 0 Å². The third-order valence-electron chi connectivity index (χ3n) is 7.65. The third-order valence-corrected chi connectivity index (χ3v) is 7.65. The van der Waals surface area contributed by atoms with Crippen molar-refractivity contribution in [3.8, 4) is 22.6 Å². The summed E-state index contributed by atoms with van der Waals surface area (Å²) in [5, 5.41) is 7.77. The zero-order chi connectivity index (χ0) is 30.4. The van der Waals surface area contributed by atoms with E-state index in [-0.39, 0.29) is 17.8 Å². The van der Waals surface area contributed by atoms with E-state index in [1.165, 1.54) is 0 Å². The molecule has 0 spiro atoms. The Hall–Kier alpha value is -4.33. The second-order valence-corrected chi connectivity index (χ2v) is 10.9. The first-order valence-corrected chi connectivity index (χ1v) is 14.7. The molecule has 2 heterocycles. The van der Waals surface area contributed by atoms with Gasteiger partial charge in [-0.1, -0.05) is 50.2 Å². The second-order valence-electron chi connectivity index (χ2n) is 10.9. The molecule has 222 valence electrons. The number of nitrogens with zero attached hydrogens (tertiary/aromatic N) is 3. The molecule has 3 aromatic rings. The van der Waals surface area contributed by atoms with Crippen LogP contribution in [0.4, 0.5) is 5.69 Å². The van der Waals surface area contributed by atoms with Crippen LogP contribution in [0.1, 0.15) is 58.6 Å². The lowest BCUT2D eigenvalue weighted by Gasteiger charge is -2.39. The molecular formula is C34H43N5O3. The van der Waals surface area contributed by atoms with Crippen LogP contribution in [0.3, 0.4) is 0 Å². The van der Waals surface area contributed by atoms with Crippen LogP contribution in [-0.4, -0.2) is 54.3 Å². The van der Waals surface area contributed by atoms with Crippen molar-refractivity contribution in [2.45, 2.75) is 65.7 Å². The third kappa shape index (κ3) is 6.75. The lowest BCUT2D eigenvalue weighted by Crippen LogP contribution is -2.52. The average Bonchev–Trinajstić information content (AvgIpc) is 3.01. The molecule has 0 radical (unpaired) electrons. The molecule has 3 N–H and O–H groups in total. The molecule has 2 aliphatic rings. The minimum Gasteiger partial charge on any atom is -0.490 e. The van der Waals surface area contributed by atoms with Gasteiger partial charge in [0.2, 0.25) is 0 Å². The highest BCUT2D eigenvalue weighted by Crippen LogP contribution is 2.41. The number of likely N-dealkylation sites (tertiary alicyclic amines) is 1. The van der Waals surface area contributed by atoms with Crippen molar-refractivity contribution in [2.24, 2.45) is 10.7 Å². The smallest absolute Gasteiger partial charge is 0.271 e. The lowest BCUT2D eigenvalue weighted by atomic mass is 9.99. The summed E-state index contributed by atoms with van der Waals surface area (Å²) in [6.45, 7) is 11.8. The van der Waals surface area contributed by atoms with E-state index >= 15 is 0 Å². The zero-order valence-corrected chi connectivity index (χ0v) is 25.6. The quantitative estimate of drug-likeness (QED) is 0.269. The van der Waals surface area contributed by atoms with Gasteiger partial charge in [0.1, 0.15) is 23.4 Å². The van der Waals surface area contributed by atoms with Gasteiger partial charge in [0.15, 0.2) is 5.60 Å². The maximum atomic E-state index is 13.6. The van der Waals surface area contributed by atoms with Crippen LogP contribution in [0.5, 0.6) is 11.5 Å². The molecule has 0 bridgehead atoms. The molecule has 42 heavy (non-hydrogen) atoms. The summed E-state index contributed by atoms with van der Waals surface area (Å²) in [5.74, 6) is 2.37. The normalized spacial score (nSPS) is 16.6. The molecule has 8 nitrogen and oxygen atoms in total. The molecule has 0 saturated carbocycles. The van der Waals surface area contributed by atoms with Crippen molar-refractivity contribution in [1.82, 2.24) is 4.90 Å². The molecule has 0 atom stereocenters. The zero-order valence-electron chi connectivity index (χ0n) is 25.6. The van der Waals surface area contributed by atoms with Crippen molar-refractivity contribution in [2.75, 3.05) is 25.0 Å². The molecule has 1 fully saturated rings. The van der Waals surface area contributed by atoms with Crippen LogP contribution >= 0.6 is 0 Å². The van der Waals surface area contributed by atoms with Gasteiger partial charge in [-0.15, -0.1) is 0 Å². The lowest BCUT2D eigenvalue weighted by molar-refractivity contribution is -0.132. The highest BCUT2D eigenvalue weighted by molar-refractivity contribution is 6.02. The summed E-state index contributed by atoms with van der Waals surface area (Å²) in [5.41, 5.74) is 9.03. The summed E-state index contributed by atoms with van der Waals surface area (Å²) in [7, 11) is 1.82. The summed E-state index contributed by atoms with van der Waals surface area (Å²) in [6.07, 6.45) is 1.92. The van der Waals surface area contributed by atoms with Crippen LogP contribution in [0, 0.1) is 5.41 Å². The van der Waals surface area contributed by atoms with Crippen molar-refractivity contribution >= 4 is 23.3 Å². The monoisotopic (exact) mass is 569 g/mol. The van der Waals surface area contributed by atoms with E-state index in [0.29, 0.717) is 23.5 Å². The predicted octanol–water partition coefficient (Wildman–Crippen LogP) is 6.26. The van der Waals surface area contributed by atoms with E-state index in [1.54, 1.807) is 18.7 Å². The van der Waals surface area contributed by atoms with Gasteiger partial charge >= 0.3 is 0 Å². The standard InChI is InChI=1S/C32H37N5O3.C2H6/c1-21(35-4)36-15-13-26(14-16-36)39-27-11-12-29-28(19-27)37(31(38)32(2,3)40-29)20-22-7-5-8-23(17-22)24-9-6-10-25(18-24)30(33)34;1-2/h5-12,17-19,26H,13-16,20H2,1-4H3,(H3,33,34);1-2H3. The van der Waals surface area contributed by atoms with Gasteiger partial charge in [-0.3, -0.25) is 15.2 Å². The van der Waals surface area contributed by atoms with Crippen LogP contribution in [0.15, 0.2) is 71.7 Å². The van der Waals surface area contributed by atoms with Crippen molar-refractivity contribution in [3.63, 3.8) is 0 Å². The number of hydrogen-bond donors (Lipinski definition) is 2. The maximum absolute atomic E-state index is 13.6. The highest BCUT2D eigenvalue weighted by atomic mass is 16.5. The van der Waals surface area contributed by atoms with Gasteiger partial charge in [0.25, 0.3) is 5.91 Å². The SMILES string of the molecule is CC.CN=C(C)N1CCC(Oc2ccc3c(c2)N(Cc2cccc(-c4cccc(C(=N)N)c4)c2)C(=O)C(C)(C)O3)CC1. The van der Waals surface area contributed by atoms with Gasteiger partial charge < -0.3 is 25.0 Å². The summed E-state index contributed by atoms with van der Waals surface area (Å²) in [6, 6.07) is 21.5. The molecule has 1 amide bonds. The number of benzene rings is 3. The van der Waals surface area contributed by atoms with E-state index in [9.17, 15) is 4.79 Å². The number of rotatable bonds is 6. The number of ether oxygens (including phenoxy) is 2. The largest absolute Gasteiger partial charge is 0.490 e. The van der Waals surface area contributed by atoms with Gasteiger partial charge in [0.05, 0.1) is 18.1 Å². The van der Waals surface area contributed by atoms with E-state index < -0.39 is 5.60 Å². The van der Waals surface area contributed by atoms with Gasteiger partial charge in [0, 0.05) is 44.6 Å². The number of carbonyl (C=O) groups is 1. The number of piperidine rings is 1. The molecule has 0 unspecified atom stereocenters. The van der Waals surface area contributed by atoms with Crippen LogP contribution in [0.25, 0.3) is 11.1 Å². The highest BCUT2D eigenvalue weighted by Gasteiger charge is 2.41. The number of fused-ring (bicyclic) bond motifs is 1. The Bertz CT molecular complexity index is 1460. The average molecular weight is 570 g/mol. The molecule has 3 aromatic carbocycles. The van der Waals surface area contributed by atoms with Crippen molar-refractivity contribution < 1.29 is 14.3 Å². The molecule has 0 aliphatic carbocycles. The van der Waals surface area contributed by atoms with Gasteiger partial charge in [-0.2, -0.15) is 0 Å². The summed E-state index contributed by atoms with van der Waals surface area (Å²) >= 11 is 0. The first-order chi connectivity index (χ1) is 20.1. The number of aliphatic imine (C=N–C) groups is 1. The Morgan fingerprint density at radius 2 is 1.71 bits per heavy atom. The van der Waals surface area contributed by atoms with Crippen molar-refractivity contribution in [3.05, 3.63) is 77.9 Å². The minimum absolute atomic E-state index is 0.0317. The first kappa shape index (κ1) is 30.6. The molecule has 5 rings (SSSR count). The maximum Gasteiger partial charge on any atom is 0.271 e. The fourth-order valence-corrected chi connectivity index (χ4v) is 5.31. The molecule has 0 aromatic heterocycles. The number of nitrogens with one attached hydrogen (secondary N) is 1. The number of amidine groups is 2. The Labute approximate surface area is 249 Å². The molecular weight excluding hydrogens is 526 g/mol. The number of hydrogen-bond acceptors (Lipinski definition) is 5. The number of carbonyl (C=O) groups excluding carboxylic acids is 1. The van der Waals surface area contributed by atoms with Gasteiger partial charge in [-0.05, 0) is 61.7 Å². The Morgan fingerprint density at radius 3 is 2.38 bits per heavy atom. The fraction of sp³-hybridized carbons (Fsp3) is 0.382. The van der Waals surface area contributed by atoms with E-state index in [4.69, 9.17) is 20.6 Å². The minimum atomic E-state index is -0.992. The van der Waals surface area contributed by atoms with Crippen LogP contribution in [0.2, 0.25) is 0 Å². The van der Waals surface area contributed by atoms with Crippen LogP contribution < -0.4 is 20.1 Å². The fourth-order valence-electron chi connectivity index (χ4n) is 5.31. The van der Waals surface area contributed by atoms with E-state index in [1.807, 2.05) is 88.5 Å². The Morgan fingerprint density at radius 1 is 1.05 bits per heavy atom. The number of nitrogen functional groups attached to an aromatic ring is 1. The van der Waals surface area contributed by atoms with E-state index in [2.05, 4.69) is 16.0 Å². The predicted molar refractivity (Wildman–Crippen MR) is 171 cm³/mol. The number of anilines is 1. The topological polar surface area (TPSA) is 104 Å². The Kier molecular flexibility index (Phi) is 9.55. The summed E-state index contributed by atoms with van der Waals surface area (Å²) < 4.78 is 12.5. The second kappa shape index (κ2) is 13.1. The summed E-state index contributed by atoms with van der Waals surface area (Å²) in [4.78, 5) is 22.0. The Balaban J connectivity index is 0.00000198. The molecule has 2 aliphatic heterocycles. The number of nitrogens with two attached hydrogens (primary N) is 1. The molecule has 1 saturated heterocycles. The first-order valence-electron chi connectivity index (χ1n) is 14.7. The van der Waals surface area contributed by atoms with Crippen molar-refractivity contribution in [1.29, 1.82) is 5.41 Å². The van der Waals surface area contributed by atoms with Crippen LogP contribution in [-0.2, 0) is 11.3 Å².